The van der Waals surface area contributed by atoms with Gasteiger partial charge in [-0.2, -0.15) is 5.26 Å². The predicted octanol–water partition coefficient (Wildman–Crippen LogP) is 1.71. The summed E-state index contributed by atoms with van der Waals surface area (Å²) in [6, 6.07) is 2.16. The van der Waals surface area contributed by atoms with Crippen LogP contribution >= 0.6 is 0 Å². The van der Waals surface area contributed by atoms with Crippen LogP contribution in [0.3, 0.4) is 0 Å². The van der Waals surface area contributed by atoms with Crippen LogP contribution in [-0.4, -0.2) is 18.9 Å². The minimum atomic E-state index is -0.527. The Hall–Kier alpha value is -0.920. The second-order valence-electron chi connectivity index (χ2n) is 4.29. The number of carbonyl (C=O) groups excluding carboxylic acids is 1. The van der Waals surface area contributed by atoms with E-state index >= 15 is 0 Å². The van der Waals surface area contributed by atoms with Gasteiger partial charge in [0.2, 0.25) is 0 Å². The fourth-order valence-corrected chi connectivity index (χ4v) is 1.72. The zero-order valence-electron chi connectivity index (χ0n) is 9.34. The molecule has 0 spiro atoms. The lowest BCUT2D eigenvalue weighted by Gasteiger charge is -2.38. The normalized spacial score (nSPS) is 29.0. The molecular formula is C11H17NO3. The molecule has 1 aliphatic rings. The maximum absolute atomic E-state index is 10.9. The third-order valence-corrected chi connectivity index (χ3v) is 2.48. The third-order valence-electron chi connectivity index (χ3n) is 2.48. The van der Waals surface area contributed by atoms with Gasteiger partial charge in [0.1, 0.15) is 6.29 Å². The quantitative estimate of drug-likeness (QED) is 0.649. The van der Waals surface area contributed by atoms with Crippen LogP contribution < -0.4 is 0 Å². The highest BCUT2D eigenvalue weighted by atomic mass is 16.9. The van der Waals surface area contributed by atoms with Crippen LogP contribution in [0.1, 0.15) is 27.2 Å². The number of ether oxygens (including phenoxy) is 2. The molecule has 15 heavy (non-hydrogen) atoms. The zero-order valence-corrected chi connectivity index (χ0v) is 9.34. The number of hydrogen-bond acceptors (Lipinski definition) is 4. The predicted molar refractivity (Wildman–Crippen MR) is 53.5 cm³/mol. The largest absolute Gasteiger partial charge is 0.323 e. The van der Waals surface area contributed by atoms with Crippen LogP contribution in [0.15, 0.2) is 0 Å². The van der Waals surface area contributed by atoms with Crippen molar-refractivity contribution in [2.45, 2.75) is 39.8 Å². The Morgan fingerprint density at radius 1 is 1.47 bits per heavy atom. The van der Waals surface area contributed by atoms with E-state index < -0.39 is 12.2 Å². The van der Waals surface area contributed by atoms with E-state index in [4.69, 9.17) is 14.7 Å². The molecule has 1 rings (SSSR count). The molecule has 0 bridgehead atoms. The second kappa shape index (κ2) is 5.24. The fourth-order valence-electron chi connectivity index (χ4n) is 1.72. The molecule has 1 saturated heterocycles. The molecule has 2 unspecified atom stereocenters. The number of carbonyl (C=O) groups is 1. The van der Waals surface area contributed by atoms with Crippen LogP contribution in [-0.2, 0) is 14.3 Å². The molecule has 4 nitrogen and oxygen atoms in total. The Bertz CT molecular complexity index is 253. The van der Waals surface area contributed by atoms with E-state index in [2.05, 4.69) is 6.07 Å². The van der Waals surface area contributed by atoms with E-state index in [1.54, 1.807) is 6.92 Å². The topological polar surface area (TPSA) is 59.3 Å². The van der Waals surface area contributed by atoms with E-state index in [9.17, 15) is 4.79 Å². The van der Waals surface area contributed by atoms with E-state index in [1.165, 1.54) is 0 Å². The molecule has 84 valence electrons. The van der Waals surface area contributed by atoms with Gasteiger partial charge in [-0.15, -0.1) is 0 Å². The first-order valence-corrected chi connectivity index (χ1v) is 5.24. The highest BCUT2D eigenvalue weighted by Gasteiger charge is 2.39. The minimum Gasteiger partial charge on any atom is -0.323 e. The van der Waals surface area contributed by atoms with Gasteiger partial charge in [-0.3, -0.25) is 0 Å². The molecule has 0 N–H and O–H groups in total. The van der Waals surface area contributed by atoms with E-state index in [-0.39, 0.29) is 12.2 Å². The summed E-state index contributed by atoms with van der Waals surface area (Å²) in [5.74, 6) is -0.400. The number of nitriles is 1. The van der Waals surface area contributed by atoms with Gasteiger partial charge < -0.3 is 14.3 Å². The molecule has 0 saturated carbocycles. The van der Waals surface area contributed by atoms with Crippen LogP contribution in [0.4, 0.5) is 0 Å². The monoisotopic (exact) mass is 211 g/mol. The van der Waals surface area contributed by atoms with Crippen molar-refractivity contribution in [2.75, 3.05) is 0 Å². The summed E-state index contributed by atoms with van der Waals surface area (Å²) in [4.78, 5) is 10.9. The fraction of sp³-hybridized carbons (Fsp3) is 0.818. The van der Waals surface area contributed by atoms with Crippen molar-refractivity contribution < 1.29 is 14.3 Å². The first kappa shape index (κ1) is 12.2. The summed E-state index contributed by atoms with van der Waals surface area (Å²) in [7, 11) is 0. The van der Waals surface area contributed by atoms with Crippen LogP contribution in [0.5, 0.6) is 0 Å². The lowest BCUT2D eigenvalue weighted by atomic mass is 9.86. The van der Waals surface area contributed by atoms with Crippen molar-refractivity contribution in [3.05, 3.63) is 0 Å². The average molecular weight is 211 g/mol. The summed E-state index contributed by atoms with van der Waals surface area (Å²) in [5, 5.41) is 8.99. The molecule has 1 aliphatic heterocycles. The van der Waals surface area contributed by atoms with Gasteiger partial charge in [-0.05, 0) is 19.3 Å². The molecule has 0 radical (unpaired) electrons. The van der Waals surface area contributed by atoms with Gasteiger partial charge >= 0.3 is 0 Å². The number of hydrogen-bond donors (Lipinski definition) is 0. The Morgan fingerprint density at radius 3 is 2.40 bits per heavy atom. The van der Waals surface area contributed by atoms with Gasteiger partial charge in [0.25, 0.3) is 0 Å². The minimum absolute atomic E-state index is 0.254. The van der Waals surface area contributed by atoms with E-state index in [0.29, 0.717) is 12.3 Å². The van der Waals surface area contributed by atoms with Gasteiger partial charge in [0.05, 0.1) is 17.9 Å². The smallest absolute Gasteiger partial charge is 0.174 e. The zero-order chi connectivity index (χ0) is 11.4. The highest BCUT2D eigenvalue weighted by molar-refractivity contribution is 5.55. The summed E-state index contributed by atoms with van der Waals surface area (Å²) in [6.07, 6.45) is 0.682. The molecule has 0 aromatic heterocycles. The second-order valence-corrected chi connectivity index (χ2v) is 4.29. The van der Waals surface area contributed by atoms with Crippen LogP contribution in [0.25, 0.3) is 0 Å². The molecule has 0 aromatic carbocycles. The third kappa shape index (κ3) is 3.01. The van der Waals surface area contributed by atoms with Crippen molar-refractivity contribution in [3.63, 3.8) is 0 Å². The van der Waals surface area contributed by atoms with Crippen LogP contribution in [0, 0.1) is 29.1 Å². The summed E-state index contributed by atoms with van der Waals surface area (Å²) < 4.78 is 10.5. The molecule has 0 aromatic rings. The van der Waals surface area contributed by atoms with Gasteiger partial charge in [0, 0.05) is 0 Å². The molecule has 4 heteroatoms. The molecule has 2 atom stereocenters. The molecule has 1 heterocycles. The maximum atomic E-state index is 10.9. The highest BCUT2D eigenvalue weighted by Crippen LogP contribution is 2.30. The Labute approximate surface area is 90.2 Å². The SMILES string of the molecule is CC(C)CC(C#N)C(C=O)C1OC(C)O1. The standard InChI is InChI=1S/C11H17NO3/c1-7(2)4-9(5-12)10(6-13)11-14-8(3)15-11/h6-11H,4H2,1-3H3. The summed E-state index contributed by atoms with van der Waals surface area (Å²) in [5.41, 5.74) is 0. The van der Waals surface area contributed by atoms with Crippen molar-refractivity contribution in [2.24, 2.45) is 17.8 Å². The lowest BCUT2D eigenvalue weighted by Crippen LogP contribution is -2.47. The molecule has 0 amide bonds. The van der Waals surface area contributed by atoms with E-state index in [0.717, 1.165) is 6.29 Å². The average Bonchev–Trinajstić information content (AvgIpc) is 2.13. The number of aldehydes is 1. The first-order chi connectivity index (χ1) is 7.08. The summed E-state index contributed by atoms with van der Waals surface area (Å²) >= 11 is 0. The van der Waals surface area contributed by atoms with Crippen molar-refractivity contribution in [1.29, 1.82) is 5.26 Å². The summed E-state index contributed by atoms with van der Waals surface area (Å²) in [6.45, 7) is 5.82. The molecule has 1 fully saturated rings. The Balaban J connectivity index is 2.55. The van der Waals surface area contributed by atoms with Gasteiger partial charge in [0.15, 0.2) is 12.6 Å². The molecular weight excluding hydrogens is 194 g/mol. The molecule has 0 aliphatic carbocycles. The van der Waals surface area contributed by atoms with Crippen LogP contribution in [0.2, 0.25) is 0 Å². The van der Waals surface area contributed by atoms with Gasteiger partial charge in [-0.25, -0.2) is 0 Å². The van der Waals surface area contributed by atoms with E-state index in [1.807, 2.05) is 13.8 Å². The lowest BCUT2D eigenvalue weighted by molar-refractivity contribution is -0.389. The van der Waals surface area contributed by atoms with Crippen molar-refractivity contribution in [3.8, 4) is 6.07 Å². The van der Waals surface area contributed by atoms with Crippen molar-refractivity contribution in [1.82, 2.24) is 0 Å². The number of nitrogens with zero attached hydrogens (tertiary/aromatic N) is 1. The first-order valence-electron chi connectivity index (χ1n) is 5.24. The Morgan fingerprint density at radius 2 is 2.07 bits per heavy atom. The maximum Gasteiger partial charge on any atom is 0.174 e. The Kier molecular flexibility index (Phi) is 4.25. The van der Waals surface area contributed by atoms with Gasteiger partial charge in [-0.1, -0.05) is 13.8 Å². The van der Waals surface area contributed by atoms with Crippen molar-refractivity contribution >= 4 is 6.29 Å². The number of rotatable bonds is 5.